The van der Waals surface area contributed by atoms with Crippen molar-refractivity contribution in [2.24, 2.45) is 0 Å². The molecule has 6 nitrogen and oxygen atoms in total. The lowest BCUT2D eigenvalue weighted by molar-refractivity contribution is -0.124. The van der Waals surface area contributed by atoms with E-state index in [2.05, 4.69) is 0 Å². The molecule has 1 saturated heterocycles. The highest BCUT2D eigenvalue weighted by molar-refractivity contribution is 7.89. The van der Waals surface area contributed by atoms with E-state index >= 15 is 0 Å². The zero-order chi connectivity index (χ0) is 15.2. The predicted octanol–water partition coefficient (Wildman–Crippen LogP) is 0.775. The van der Waals surface area contributed by atoms with Gasteiger partial charge in [-0.05, 0) is 31.9 Å². The minimum absolute atomic E-state index is 0.101. The molecular weight excluding hydrogens is 292 g/mol. The number of fused-ring (bicyclic) bond motifs is 2. The number of rotatable bonds is 2. The molecule has 3 rings (SSSR count). The zero-order valence-corrected chi connectivity index (χ0v) is 12.5. The number of carbonyl (C=O) groups excluding carboxylic acids is 2. The predicted molar refractivity (Wildman–Crippen MR) is 76.4 cm³/mol. The lowest BCUT2D eigenvalue weighted by Crippen LogP contribution is -2.46. The Labute approximate surface area is 123 Å². The van der Waals surface area contributed by atoms with Crippen molar-refractivity contribution in [3.05, 3.63) is 24.3 Å². The van der Waals surface area contributed by atoms with E-state index in [0.717, 1.165) is 0 Å². The van der Waals surface area contributed by atoms with E-state index in [-0.39, 0.29) is 23.1 Å². The fourth-order valence-corrected chi connectivity index (χ4v) is 4.83. The minimum atomic E-state index is -3.70. The zero-order valence-electron chi connectivity index (χ0n) is 11.7. The van der Waals surface area contributed by atoms with Crippen molar-refractivity contribution in [3.8, 4) is 0 Å². The summed E-state index contributed by atoms with van der Waals surface area (Å²) in [6, 6.07) is 5.68. The largest absolute Gasteiger partial charge is 0.302 e. The van der Waals surface area contributed by atoms with E-state index in [0.29, 0.717) is 25.1 Å². The molecule has 2 heterocycles. The Bertz CT molecular complexity index is 713. The maximum Gasteiger partial charge on any atom is 0.245 e. The molecule has 0 spiro atoms. The number of hydrogen-bond donors (Lipinski definition) is 0. The van der Waals surface area contributed by atoms with E-state index in [1.807, 2.05) is 0 Å². The van der Waals surface area contributed by atoms with Crippen molar-refractivity contribution in [2.75, 3.05) is 18.0 Å². The van der Waals surface area contributed by atoms with Gasteiger partial charge in [-0.1, -0.05) is 12.1 Å². The standard InChI is InChI=1S/C14H16N2O4S/c1-10(17)9-15-11-5-2-3-7-13(11)21(19,20)16-8-4-6-12(16)14(15)18/h2-3,5,7,12H,4,6,8-9H2,1H3/t12-/m0/s1. The van der Waals surface area contributed by atoms with Crippen LogP contribution >= 0.6 is 0 Å². The fourth-order valence-electron chi connectivity index (χ4n) is 2.98. The van der Waals surface area contributed by atoms with Gasteiger partial charge < -0.3 is 4.90 Å². The molecule has 0 saturated carbocycles. The molecular formula is C14H16N2O4S. The molecule has 1 fully saturated rings. The first kappa shape index (κ1) is 14.2. The molecule has 7 heteroatoms. The first-order chi connectivity index (χ1) is 9.93. The Morgan fingerprint density at radius 3 is 2.76 bits per heavy atom. The van der Waals surface area contributed by atoms with Gasteiger partial charge in [-0.15, -0.1) is 0 Å². The molecule has 0 N–H and O–H groups in total. The molecule has 1 aromatic carbocycles. The Morgan fingerprint density at radius 2 is 2.05 bits per heavy atom. The van der Waals surface area contributed by atoms with Crippen molar-refractivity contribution in [2.45, 2.75) is 30.7 Å². The molecule has 21 heavy (non-hydrogen) atoms. The maximum atomic E-state index is 12.7. The van der Waals surface area contributed by atoms with Crippen LogP contribution in [0.15, 0.2) is 29.2 Å². The second-order valence-corrected chi connectivity index (χ2v) is 7.23. The number of Topliss-reactive ketones (excluding diaryl/α,β-unsaturated/α-hetero) is 1. The van der Waals surface area contributed by atoms with Crippen molar-refractivity contribution < 1.29 is 18.0 Å². The fraction of sp³-hybridized carbons (Fsp3) is 0.429. The van der Waals surface area contributed by atoms with Crippen molar-refractivity contribution in [1.29, 1.82) is 0 Å². The third kappa shape index (κ3) is 2.16. The van der Waals surface area contributed by atoms with Crippen LogP contribution in [-0.4, -0.2) is 43.5 Å². The van der Waals surface area contributed by atoms with Gasteiger partial charge in [-0.3, -0.25) is 9.59 Å². The lowest BCUT2D eigenvalue weighted by Gasteiger charge is -2.23. The Kier molecular flexibility index (Phi) is 3.33. The molecule has 0 aromatic heterocycles. The molecule has 112 valence electrons. The van der Waals surface area contributed by atoms with E-state index in [9.17, 15) is 18.0 Å². The number of ketones is 1. The van der Waals surface area contributed by atoms with Crippen molar-refractivity contribution in [1.82, 2.24) is 4.31 Å². The third-order valence-electron chi connectivity index (χ3n) is 3.88. The molecule has 0 unspecified atom stereocenters. The van der Waals surface area contributed by atoms with Gasteiger partial charge in [-0.2, -0.15) is 4.31 Å². The summed E-state index contributed by atoms with van der Waals surface area (Å²) >= 11 is 0. The summed E-state index contributed by atoms with van der Waals surface area (Å²) in [4.78, 5) is 25.6. The van der Waals surface area contributed by atoms with Crippen LogP contribution in [0.25, 0.3) is 0 Å². The van der Waals surface area contributed by atoms with Gasteiger partial charge in [0.25, 0.3) is 0 Å². The molecule has 0 radical (unpaired) electrons. The first-order valence-electron chi connectivity index (χ1n) is 6.84. The monoisotopic (exact) mass is 308 g/mol. The summed E-state index contributed by atoms with van der Waals surface area (Å²) in [5.41, 5.74) is 0.298. The van der Waals surface area contributed by atoms with E-state index in [1.54, 1.807) is 18.2 Å². The minimum Gasteiger partial charge on any atom is -0.302 e. The molecule has 2 aliphatic heterocycles. The smallest absolute Gasteiger partial charge is 0.245 e. The van der Waals surface area contributed by atoms with Crippen LogP contribution in [0.1, 0.15) is 19.8 Å². The molecule has 2 aliphatic rings. The van der Waals surface area contributed by atoms with Crippen LogP contribution in [0, 0.1) is 0 Å². The van der Waals surface area contributed by atoms with Gasteiger partial charge in [0.05, 0.1) is 12.2 Å². The van der Waals surface area contributed by atoms with Gasteiger partial charge in [0, 0.05) is 6.54 Å². The number of carbonyl (C=O) groups is 2. The number of hydrogen-bond acceptors (Lipinski definition) is 4. The van der Waals surface area contributed by atoms with Crippen LogP contribution < -0.4 is 4.90 Å². The highest BCUT2D eigenvalue weighted by atomic mass is 32.2. The number of benzene rings is 1. The van der Waals surface area contributed by atoms with E-state index in [1.165, 1.54) is 22.2 Å². The van der Waals surface area contributed by atoms with Crippen LogP contribution in [-0.2, 0) is 19.6 Å². The molecule has 0 aliphatic carbocycles. The number of para-hydroxylation sites is 1. The molecule has 1 atom stereocenters. The average molecular weight is 308 g/mol. The number of anilines is 1. The number of nitrogens with zero attached hydrogens (tertiary/aromatic N) is 2. The normalized spacial score (nSPS) is 24.3. The SMILES string of the molecule is CC(=O)CN1C(=O)[C@@H]2CCCN2S(=O)(=O)c2ccccc21. The first-order valence-corrected chi connectivity index (χ1v) is 8.28. The van der Waals surface area contributed by atoms with Gasteiger partial charge in [0.15, 0.2) is 0 Å². The second kappa shape index (κ2) is 4.92. The summed E-state index contributed by atoms with van der Waals surface area (Å²) in [7, 11) is -3.70. The average Bonchev–Trinajstić information content (AvgIpc) is 2.92. The van der Waals surface area contributed by atoms with Crippen molar-refractivity contribution in [3.63, 3.8) is 0 Å². The summed E-state index contributed by atoms with van der Waals surface area (Å²) in [5, 5.41) is 0. The molecule has 1 amide bonds. The third-order valence-corrected chi connectivity index (χ3v) is 5.83. The van der Waals surface area contributed by atoms with E-state index < -0.39 is 16.1 Å². The van der Waals surface area contributed by atoms with Crippen LogP contribution in [0.2, 0.25) is 0 Å². The summed E-state index contributed by atoms with van der Waals surface area (Å²) in [6.07, 6.45) is 1.16. The number of amides is 1. The topological polar surface area (TPSA) is 74.8 Å². The van der Waals surface area contributed by atoms with Crippen molar-refractivity contribution >= 4 is 27.4 Å². The maximum absolute atomic E-state index is 12.7. The molecule has 0 bridgehead atoms. The summed E-state index contributed by atoms with van der Waals surface area (Å²) < 4.78 is 26.8. The highest BCUT2D eigenvalue weighted by Gasteiger charge is 2.46. The summed E-state index contributed by atoms with van der Waals surface area (Å²) in [5.74, 6) is -0.488. The van der Waals surface area contributed by atoms with Crippen LogP contribution in [0.3, 0.4) is 0 Å². The Hall–Kier alpha value is -1.73. The summed E-state index contributed by atoms with van der Waals surface area (Å²) in [6.45, 7) is 1.64. The lowest BCUT2D eigenvalue weighted by atomic mass is 10.1. The van der Waals surface area contributed by atoms with Gasteiger partial charge >= 0.3 is 0 Å². The van der Waals surface area contributed by atoms with Crippen LogP contribution in [0.5, 0.6) is 0 Å². The second-order valence-electron chi connectivity index (χ2n) is 5.37. The number of sulfonamides is 1. The van der Waals surface area contributed by atoms with Crippen LogP contribution in [0.4, 0.5) is 5.69 Å². The quantitative estimate of drug-likeness (QED) is 0.809. The van der Waals surface area contributed by atoms with E-state index in [4.69, 9.17) is 0 Å². The van der Waals surface area contributed by atoms with Gasteiger partial charge in [0.2, 0.25) is 15.9 Å². The van der Waals surface area contributed by atoms with Gasteiger partial charge in [0.1, 0.15) is 16.7 Å². The Balaban J connectivity index is 2.23. The van der Waals surface area contributed by atoms with Gasteiger partial charge in [-0.25, -0.2) is 8.42 Å². The molecule has 1 aromatic rings. The Morgan fingerprint density at radius 1 is 1.33 bits per heavy atom. The highest BCUT2D eigenvalue weighted by Crippen LogP contribution is 2.36.